The molecule has 2 aromatic carbocycles. The number of nitrogens with zero attached hydrogens (tertiary/aromatic N) is 1. The predicted octanol–water partition coefficient (Wildman–Crippen LogP) is 10.3. The van der Waals surface area contributed by atoms with E-state index in [1.807, 2.05) is 56.6 Å². The molecule has 0 radical (unpaired) electrons. The summed E-state index contributed by atoms with van der Waals surface area (Å²) in [6, 6.07) is 15.6. The van der Waals surface area contributed by atoms with Gasteiger partial charge in [-0.1, -0.05) is 121 Å². The standard InChI is InChI=1S/C35H53NO2/c1-4-5-6-7-8-9-10-11-12-13-14-15-16-17-18-19-29-38-34-26-24-32(25-27-34)35(37)28-23-31-21-20-22-33(30-31)36(2)3/h20-28,30H,4-19,29H2,1-3H3. The Morgan fingerprint density at radius 2 is 1.24 bits per heavy atom. The van der Waals surface area contributed by atoms with E-state index >= 15 is 0 Å². The van der Waals surface area contributed by atoms with Crippen LogP contribution in [0.2, 0.25) is 0 Å². The fourth-order valence-corrected chi connectivity index (χ4v) is 4.73. The van der Waals surface area contributed by atoms with Gasteiger partial charge in [0.05, 0.1) is 6.61 Å². The molecule has 0 amide bonds. The summed E-state index contributed by atoms with van der Waals surface area (Å²) in [6.07, 6.45) is 25.5. The normalized spacial score (nSPS) is 11.2. The number of allylic oxidation sites excluding steroid dienone is 1. The minimum atomic E-state index is 0.00427. The molecule has 0 aliphatic rings. The Kier molecular flexibility index (Phi) is 17.0. The Hall–Kier alpha value is -2.55. The Bertz CT molecular complexity index is 900. The number of carbonyl (C=O) groups excluding carboxylic acids is 1. The van der Waals surface area contributed by atoms with Crippen LogP contribution >= 0.6 is 0 Å². The van der Waals surface area contributed by atoms with Gasteiger partial charge in [0.2, 0.25) is 0 Å². The summed E-state index contributed by atoms with van der Waals surface area (Å²) in [5.74, 6) is 0.842. The van der Waals surface area contributed by atoms with E-state index in [-0.39, 0.29) is 5.78 Å². The lowest BCUT2D eigenvalue weighted by atomic mass is 10.0. The molecular formula is C35H53NO2. The molecule has 3 heteroatoms. The highest BCUT2D eigenvalue weighted by atomic mass is 16.5. The molecule has 0 heterocycles. The third-order valence-corrected chi connectivity index (χ3v) is 7.22. The number of unbranched alkanes of at least 4 members (excludes halogenated alkanes) is 15. The van der Waals surface area contributed by atoms with E-state index in [0.29, 0.717) is 5.56 Å². The molecule has 0 fully saturated rings. The largest absolute Gasteiger partial charge is 0.494 e. The first kappa shape index (κ1) is 31.7. The summed E-state index contributed by atoms with van der Waals surface area (Å²) >= 11 is 0. The van der Waals surface area contributed by atoms with E-state index < -0.39 is 0 Å². The zero-order chi connectivity index (χ0) is 27.3. The van der Waals surface area contributed by atoms with Crippen LogP contribution in [0.4, 0.5) is 5.69 Å². The molecule has 0 aliphatic carbocycles. The quantitative estimate of drug-likeness (QED) is 0.0880. The van der Waals surface area contributed by atoms with Crippen LogP contribution in [0.1, 0.15) is 126 Å². The van der Waals surface area contributed by atoms with Gasteiger partial charge in [-0.25, -0.2) is 0 Å². The highest BCUT2D eigenvalue weighted by Crippen LogP contribution is 2.17. The van der Waals surface area contributed by atoms with Crippen LogP contribution in [0.25, 0.3) is 6.08 Å². The number of rotatable bonds is 22. The molecule has 0 unspecified atom stereocenters. The Balaban J connectivity index is 1.47. The van der Waals surface area contributed by atoms with Gasteiger partial charge >= 0.3 is 0 Å². The van der Waals surface area contributed by atoms with E-state index in [9.17, 15) is 4.79 Å². The van der Waals surface area contributed by atoms with E-state index in [4.69, 9.17) is 4.74 Å². The Morgan fingerprint density at radius 3 is 1.76 bits per heavy atom. The number of hydrogen-bond acceptors (Lipinski definition) is 3. The first-order chi connectivity index (χ1) is 18.6. The number of hydrogen-bond donors (Lipinski definition) is 0. The van der Waals surface area contributed by atoms with Crippen molar-refractivity contribution in [2.45, 2.75) is 110 Å². The van der Waals surface area contributed by atoms with E-state index in [1.54, 1.807) is 6.08 Å². The summed E-state index contributed by atoms with van der Waals surface area (Å²) < 4.78 is 5.89. The smallest absolute Gasteiger partial charge is 0.185 e. The molecule has 0 saturated carbocycles. The molecule has 2 rings (SSSR count). The molecular weight excluding hydrogens is 466 g/mol. The third kappa shape index (κ3) is 14.4. The lowest BCUT2D eigenvalue weighted by molar-refractivity contribution is 0.104. The average Bonchev–Trinajstić information content (AvgIpc) is 2.94. The minimum Gasteiger partial charge on any atom is -0.494 e. The first-order valence-electron chi connectivity index (χ1n) is 15.3. The Morgan fingerprint density at radius 1 is 0.711 bits per heavy atom. The van der Waals surface area contributed by atoms with Crippen LogP contribution in [0.15, 0.2) is 54.6 Å². The second-order valence-corrected chi connectivity index (χ2v) is 10.9. The molecule has 0 saturated heterocycles. The molecule has 0 N–H and O–H groups in total. The van der Waals surface area contributed by atoms with Crippen molar-refractivity contribution in [1.29, 1.82) is 0 Å². The fourth-order valence-electron chi connectivity index (χ4n) is 4.73. The Labute approximate surface area is 233 Å². The van der Waals surface area contributed by atoms with Crippen molar-refractivity contribution in [2.75, 3.05) is 25.6 Å². The summed E-state index contributed by atoms with van der Waals surface area (Å²) in [5.41, 5.74) is 2.81. The monoisotopic (exact) mass is 519 g/mol. The van der Waals surface area contributed by atoms with Gasteiger partial charge in [-0.15, -0.1) is 0 Å². The van der Waals surface area contributed by atoms with Crippen LogP contribution in [-0.4, -0.2) is 26.5 Å². The first-order valence-corrected chi connectivity index (χ1v) is 15.3. The molecule has 0 spiro atoms. The number of anilines is 1. The number of ketones is 1. The van der Waals surface area contributed by atoms with Gasteiger partial charge in [0.15, 0.2) is 5.78 Å². The maximum Gasteiger partial charge on any atom is 0.185 e. The third-order valence-electron chi connectivity index (χ3n) is 7.22. The maximum absolute atomic E-state index is 12.5. The highest BCUT2D eigenvalue weighted by molar-refractivity contribution is 6.06. The molecule has 2 aromatic rings. The van der Waals surface area contributed by atoms with Crippen LogP contribution in [0, 0.1) is 0 Å². The molecule has 0 aromatic heterocycles. The minimum absolute atomic E-state index is 0.00427. The van der Waals surface area contributed by atoms with Crippen molar-refractivity contribution in [3.8, 4) is 5.75 Å². The van der Waals surface area contributed by atoms with E-state index in [0.717, 1.165) is 30.0 Å². The zero-order valence-corrected chi connectivity index (χ0v) is 24.6. The highest BCUT2D eigenvalue weighted by Gasteiger charge is 2.03. The van der Waals surface area contributed by atoms with Crippen LogP contribution < -0.4 is 9.64 Å². The summed E-state index contributed by atoms with van der Waals surface area (Å²) in [5, 5.41) is 0. The molecule has 38 heavy (non-hydrogen) atoms. The van der Waals surface area contributed by atoms with Crippen molar-refractivity contribution in [1.82, 2.24) is 0 Å². The molecule has 0 aliphatic heterocycles. The topological polar surface area (TPSA) is 29.5 Å². The van der Waals surface area contributed by atoms with Crippen LogP contribution in [0.3, 0.4) is 0 Å². The van der Waals surface area contributed by atoms with Crippen LogP contribution in [0.5, 0.6) is 5.75 Å². The van der Waals surface area contributed by atoms with E-state index in [2.05, 4.69) is 24.0 Å². The fraction of sp³-hybridized carbons (Fsp3) is 0.571. The maximum atomic E-state index is 12.5. The molecule has 3 nitrogen and oxygen atoms in total. The van der Waals surface area contributed by atoms with Crippen molar-refractivity contribution in [3.63, 3.8) is 0 Å². The van der Waals surface area contributed by atoms with Crippen LogP contribution in [-0.2, 0) is 0 Å². The van der Waals surface area contributed by atoms with Crippen molar-refractivity contribution in [2.24, 2.45) is 0 Å². The molecule has 0 bridgehead atoms. The van der Waals surface area contributed by atoms with Gasteiger partial charge in [-0.3, -0.25) is 4.79 Å². The lowest BCUT2D eigenvalue weighted by Crippen LogP contribution is -2.08. The second-order valence-electron chi connectivity index (χ2n) is 10.9. The van der Waals surface area contributed by atoms with Gasteiger partial charge in [0.1, 0.15) is 5.75 Å². The van der Waals surface area contributed by atoms with Gasteiger partial charge < -0.3 is 9.64 Å². The summed E-state index contributed by atoms with van der Waals surface area (Å²) in [4.78, 5) is 14.6. The summed E-state index contributed by atoms with van der Waals surface area (Å²) in [7, 11) is 4.02. The van der Waals surface area contributed by atoms with Gasteiger partial charge in [-0.05, 0) is 54.5 Å². The number of carbonyl (C=O) groups is 1. The van der Waals surface area contributed by atoms with Crippen molar-refractivity contribution < 1.29 is 9.53 Å². The SMILES string of the molecule is CCCCCCCCCCCCCCCCCCOc1ccc(C(=O)C=Cc2cccc(N(C)C)c2)cc1. The molecule has 210 valence electrons. The number of ether oxygens (including phenoxy) is 1. The van der Waals surface area contributed by atoms with Gasteiger partial charge in [0.25, 0.3) is 0 Å². The summed E-state index contributed by atoms with van der Waals surface area (Å²) in [6.45, 7) is 3.03. The van der Waals surface area contributed by atoms with Crippen molar-refractivity contribution in [3.05, 3.63) is 65.7 Å². The second kappa shape index (κ2) is 20.4. The predicted molar refractivity (Wildman–Crippen MR) is 166 cm³/mol. The lowest BCUT2D eigenvalue weighted by Gasteiger charge is -2.12. The zero-order valence-electron chi connectivity index (χ0n) is 24.6. The van der Waals surface area contributed by atoms with Crippen molar-refractivity contribution >= 4 is 17.5 Å². The molecule has 0 atom stereocenters. The van der Waals surface area contributed by atoms with Gasteiger partial charge in [-0.2, -0.15) is 0 Å². The number of benzene rings is 2. The van der Waals surface area contributed by atoms with E-state index in [1.165, 1.54) is 96.3 Å². The average molecular weight is 520 g/mol. The van der Waals surface area contributed by atoms with Gasteiger partial charge in [0, 0.05) is 25.3 Å².